The molecule has 1 nitrogen and oxygen atoms in total. The highest BCUT2D eigenvalue weighted by atomic mass is 14.6. The second-order valence-electron chi connectivity index (χ2n) is 3.03. The Morgan fingerprint density at radius 1 is 1.07 bits per heavy atom. The summed E-state index contributed by atoms with van der Waals surface area (Å²) < 4.78 is 0. The van der Waals surface area contributed by atoms with Gasteiger partial charge in [0.2, 0.25) is 0 Å². The van der Waals surface area contributed by atoms with Gasteiger partial charge in [0, 0.05) is 18.0 Å². The van der Waals surface area contributed by atoms with Gasteiger partial charge in [-0.3, -0.25) is 4.98 Å². The van der Waals surface area contributed by atoms with E-state index < -0.39 is 0 Å². The van der Waals surface area contributed by atoms with Crippen LogP contribution in [-0.2, 0) is 0 Å². The molecule has 0 spiro atoms. The molecule has 0 bridgehead atoms. The maximum absolute atomic E-state index is 4.07. The molecule has 0 amide bonds. The van der Waals surface area contributed by atoms with E-state index in [1.54, 1.807) is 6.20 Å². The molecule has 0 fully saturated rings. The van der Waals surface area contributed by atoms with E-state index >= 15 is 0 Å². The summed E-state index contributed by atoms with van der Waals surface area (Å²) >= 11 is 0. The summed E-state index contributed by atoms with van der Waals surface area (Å²) in [6.07, 6.45) is 5.46. The number of hydrogen-bond donors (Lipinski definition) is 0. The van der Waals surface area contributed by atoms with Gasteiger partial charge >= 0.3 is 0 Å². The molecule has 1 heterocycles. The van der Waals surface area contributed by atoms with Gasteiger partial charge in [0.25, 0.3) is 0 Å². The van der Waals surface area contributed by atoms with E-state index in [1.807, 2.05) is 36.5 Å². The Kier molecular flexibility index (Phi) is 2.41. The summed E-state index contributed by atoms with van der Waals surface area (Å²) in [5, 5.41) is 0. The third-order valence-electron chi connectivity index (χ3n) is 2.16. The van der Waals surface area contributed by atoms with Gasteiger partial charge in [-0.05, 0) is 17.2 Å². The first-order valence-electron chi connectivity index (χ1n) is 4.53. The maximum atomic E-state index is 4.07. The summed E-state index contributed by atoms with van der Waals surface area (Å²) in [5.41, 5.74) is 3.44. The van der Waals surface area contributed by atoms with Gasteiger partial charge in [-0.1, -0.05) is 43.0 Å². The van der Waals surface area contributed by atoms with Crippen molar-refractivity contribution in [1.82, 2.24) is 4.98 Å². The second-order valence-corrected chi connectivity index (χ2v) is 3.03. The van der Waals surface area contributed by atoms with Crippen LogP contribution in [0.5, 0.6) is 0 Å². The molecule has 0 unspecified atom stereocenters. The van der Waals surface area contributed by atoms with E-state index in [4.69, 9.17) is 0 Å². The molecule has 0 atom stereocenters. The number of benzene rings is 1. The molecule has 0 aliphatic heterocycles. The van der Waals surface area contributed by atoms with Gasteiger partial charge in [-0.15, -0.1) is 0 Å². The van der Waals surface area contributed by atoms with Gasteiger partial charge < -0.3 is 0 Å². The molecule has 0 aliphatic rings. The lowest BCUT2D eigenvalue weighted by Gasteiger charge is -2.04. The summed E-state index contributed by atoms with van der Waals surface area (Å²) in [5.74, 6) is 0. The van der Waals surface area contributed by atoms with Crippen molar-refractivity contribution in [3.8, 4) is 11.1 Å². The third kappa shape index (κ3) is 1.57. The minimum Gasteiger partial charge on any atom is -0.264 e. The number of aromatic nitrogens is 1. The van der Waals surface area contributed by atoms with Crippen molar-refractivity contribution in [1.29, 1.82) is 0 Å². The van der Waals surface area contributed by atoms with E-state index in [-0.39, 0.29) is 0 Å². The average molecular weight is 181 g/mol. The maximum Gasteiger partial charge on any atom is 0.0346 e. The molecule has 0 aliphatic carbocycles. The van der Waals surface area contributed by atoms with Crippen molar-refractivity contribution in [2.75, 3.05) is 0 Å². The minimum absolute atomic E-state index is 1.07. The normalized spacial score (nSPS) is 9.71. The Hall–Kier alpha value is -1.89. The lowest BCUT2D eigenvalue weighted by Crippen LogP contribution is -1.83. The van der Waals surface area contributed by atoms with E-state index in [9.17, 15) is 0 Å². The van der Waals surface area contributed by atoms with Crippen LogP contribution in [-0.4, -0.2) is 4.98 Å². The molecule has 2 aromatic rings. The monoisotopic (exact) mass is 181 g/mol. The highest BCUT2D eigenvalue weighted by Crippen LogP contribution is 2.22. The van der Waals surface area contributed by atoms with Crippen molar-refractivity contribution in [2.24, 2.45) is 0 Å². The first-order valence-corrected chi connectivity index (χ1v) is 4.53. The standard InChI is InChI=1S/C13H11N/c1-2-11-10-14-9-8-13(11)12-6-4-3-5-7-12/h2-10H,1H2. The molecule has 1 heteroatoms. The smallest absolute Gasteiger partial charge is 0.0346 e. The fourth-order valence-electron chi connectivity index (χ4n) is 1.45. The molecule has 68 valence electrons. The Bertz CT molecular complexity index is 432. The highest BCUT2D eigenvalue weighted by Gasteiger charge is 2.00. The lowest BCUT2D eigenvalue weighted by molar-refractivity contribution is 1.32. The summed E-state index contributed by atoms with van der Waals surface area (Å²) in [4.78, 5) is 4.07. The SMILES string of the molecule is C=Cc1cnccc1-c1ccccc1. The predicted molar refractivity (Wildman–Crippen MR) is 59.8 cm³/mol. The molecule has 1 aromatic carbocycles. The van der Waals surface area contributed by atoms with Crippen LogP contribution in [0.15, 0.2) is 55.4 Å². The van der Waals surface area contributed by atoms with Crippen molar-refractivity contribution < 1.29 is 0 Å². The van der Waals surface area contributed by atoms with Gasteiger partial charge in [0.05, 0.1) is 0 Å². The molecule has 0 saturated carbocycles. The second kappa shape index (κ2) is 3.88. The van der Waals surface area contributed by atoms with E-state index in [2.05, 4.69) is 23.7 Å². The number of pyridine rings is 1. The van der Waals surface area contributed by atoms with Crippen LogP contribution in [0.4, 0.5) is 0 Å². The molecule has 0 saturated heterocycles. The zero-order valence-corrected chi connectivity index (χ0v) is 7.85. The molecule has 2 rings (SSSR count). The number of nitrogens with zero attached hydrogens (tertiary/aromatic N) is 1. The topological polar surface area (TPSA) is 12.9 Å². The van der Waals surface area contributed by atoms with E-state index in [1.165, 1.54) is 11.1 Å². The fraction of sp³-hybridized carbons (Fsp3) is 0. The van der Waals surface area contributed by atoms with Crippen LogP contribution in [0.1, 0.15) is 5.56 Å². The van der Waals surface area contributed by atoms with Crippen LogP contribution in [0.25, 0.3) is 17.2 Å². The summed E-state index contributed by atoms with van der Waals surface area (Å²) in [6.45, 7) is 3.78. The van der Waals surface area contributed by atoms with Gasteiger partial charge in [-0.2, -0.15) is 0 Å². The van der Waals surface area contributed by atoms with Crippen LogP contribution in [0.3, 0.4) is 0 Å². The molecular formula is C13H11N. The molecule has 0 N–H and O–H groups in total. The first kappa shape index (κ1) is 8.70. The summed E-state index contributed by atoms with van der Waals surface area (Å²) in [6, 6.07) is 12.3. The van der Waals surface area contributed by atoms with Crippen molar-refractivity contribution in [2.45, 2.75) is 0 Å². The first-order chi connectivity index (χ1) is 6.92. The molecule has 0 radical (unpaired) electrons. The number of rotatable bonds is 2. The van der Waals surface area contributed by atoms with Crippen LogP contribution in [0, 0.1) is 0 Å². The Morgan fingerprint density at radius 3 is 2.57 bits per heavy atom. The fourth-order valence-corrected chi connectivity index (χ4v) is 1.45. The average Bonchev–Trinajstić information content (AvgIpc) is 2.30. The van der Waals surface area contributed by atoms with Crippen LogP contribution < -0.4 is 0 Å². The van der Waals surface area contributed by atoms with Gasteiger partial charge in [-0.25, -0.2) is 0 Å². The van der Waals surface area contributed by atoms with Crippen LogP contribution in [0.2, 0.25) is 0 Å². The zero-order chi connectivity index (χ0) is 9.80. The summed E-state index contributed by atoms with van der Waals surface area (Å²) in [7, 11) is 0. The van der Waals surface area contributed by atoms with Gasteiger partial charge in [0.1, 0.15) is 0 Å². The Balaban J connectivity index is 2.57. The largest absolute Gasteiger partial charge is 0.264 e. The highest BCUT2D eigenvalue weighted by molar-refractivity contribution is 5.73. The zero-order valence-electron chi connectivity index (χ0n) is 7.85. The third-order valence-corrected chi connectivity index (χ3v) is 2.16. The minimum atomic E-state index is 1.07. The van der Waals surface area contributed by atoms with Crippen LogP contribution >= 0.6 is 0 Å². The van der Waals surface area contributed by atoms with Gasteiger partial charge in [0.15, 0.2) is 0 Å². The molecule has 14 heavy (non-hydrogen) atoms. The Morgan fingerprint density at radius 2 is 1.86 bits per heavy atom. The Labute approximate surface area is 83.7 Å². The lowest BCUT2D eigenvalue weighted by atomic mass is 10.0. The molecule has 1 aromatic heterocycles. The van der Waals surface area contributed by atoms with E-state index in [0.29, 0.717) is 0 Å². The van der Waals surface area contributed by atoms with E-state index in [0.717, 1.165) is 5.56 Å². The van der Waals surface area contributed by atoms with Crippen molar-refractivity contribution in [3.05, 3.63) is 60.9 Å². The quantitative estimate of drug-likeness (QED) is 0.692. The predicted octanol–water partition coefficient (Wildman–Crippen LogP) is 3.39. The van der Waals surface area contributed by atoms with Crippen molar-refractivity contribution >= 4 is 6.08 Å². The van der Waals surface area contributed by atoms with Crippen molar-refractivity contribution in [3.63, 3.8) is 0 Å². The molecular weight excluding hydrogens is 170 g/mol. The number of hydrogen-bond acceptors (Lipinski definition) is 1.